The summed E-state index contributed by atoms with van der Waals surface area (Å²) in [6, 6.07) is 11.8. The highest BCUT2D eigenvalue weighted by Gasteiger charge is 2.29. The Morgan fingerprint density at radius 1 is 0.951 bits per heavy atom. The summed E-state index contributed by atoms with van der Waals surface area (Å²) in [5, 5.41) is 12.5. The van der Waals surface area contributed by atoms with Gasteiger partial charge in [0, 0.05) is 11.7 Å². The zero-order valence-corrected chi connectivity index (χ0v) is 27.4. The number of rotatable bonds is 13. The van der Waals surface area contributed by atoms with E-state index in [0.717, 1.165) is 34.7 Å². The first-order valence-electron chi connectivity index (χ1n) is 15.6. The first-order valence-corrected chi connectivity index (χ1v) is 20.3. The normalized spacial score (nSPS) is 17.7. The van der Waals surface area contributed by atoms with Crippen molar-refractivity contribution >= 4 is 41.5 Å². The van der Waals surface area contributed by atoms with E-state index in [9.17, 15) is 14.7 Å². The lowest BCUT2D eigenvalue weighted by Crippen LogP contribution is -2.41. The van der Waals surface area contributed by atoms with Crippen molar-refractivity contribution < 1.29 is 14.7 Å². The van der Waals surface area contributed by atoms with Crippen molar-refractivity contribution in [1.29, 1.82) is 0 Å². The zero-order valence-electron chi connectivity index (χ0n) is 24.9. The van der Waals surface area contributed by atoms with E-state index in [1.165, 1.54) is 82.1 Å². The van der Waals surface area contributed by atoms with Crippen molar-refractivity contribution in [2.75, 3.05) is 24.3 Å². The Hall–Kier alpha value is -1.62. The maximum Gasteiger partial charge on any atom is 0.326 e. The highest BCUT2D eigenvalue weighted by atomic mass is 32.4. The van der Waals surface area contributed by atoms with Crippen LogP contribution in [-0.2, 0) is 22.8 Å². The maximum absolute atomic E-state index is 13.6. The number of carboxylic acid groups (broad SMARTS) is 1. The van der Waals surface area contributed by atoms with Crippen molar-refractivity contribution in [2.45, 2.75) is 89.8 Å². The first-order chi connectivity index (χ1) is 19.8. The predicted octanol–water partition coefficient (Wildman–Crippen LogP) is 8.74. The van der Waals surface area contributed by atoms with Gasteiger partial charge in [-0.2, -0.15) is 11.8 Å². The van der Waals surface area contributed by atoms with Crippen molar-refractivity contribution in [3.63, 3.8) is 0 Å². The van der Waals surface area contributed by atoms with Crippen LogP contribution in [0.15, 0.2) is 42.5 Å². The van der Waals surface area contributed by atoms with Crippen molar-refractivity contribution in [3.05, 3.63) is 59.2 Å². The van der Waals surface area contributed by atoms with Gasteiger partial charge in [-0.3, -0.25) is 4.79 Å². The number of carboxylic acids is 1. The second-order valence-electron chi connectivity index (χ2n) is 12.4. The molecule has 4 nitrogen and oxygen atoms in total. The average molecular weight is 614 g/mol. The minimum Gasteiger partial charge on any atom is -0.480 e. The van der Waals surface area contributed by atoms with E-state index < -0.39 is 18.0 Å². The molecule has 2 saturated carbocycles. The standard InChI is InChI=1S/C34H48NO3PS2/c1-25-11-9-10-16-29(25)31-21-28(17-18-30(31)33(36)35-32(34(37)38)19-20-41-2)24-39(40,22-26-12-5-3-6-13-26)23-27-14-7-4-8-15-27/h9-11,16-18,21,26-27,32H,3-8,12-15,19-20,22-24H2,1-2H3,(H,35,36)(H,37,38). The van der Waals surface area contributed by atoms with Gasteiger partial charge in [-0.25, -0.2) is 4.79 Å². The molecule has 0 radical (unpaired) electrons. The van der Waals surface area contributed by atoms with Gasteiger partial charge in [0.15, 0.2) is 0 Å². The van der Waals surface area contributed by atoms with Crippen LogP contribution in [0.3, 0.4) is 0 Å². The van der Waals surface area contributed by atoms with Gasteiger partial charge in [-0.1, -0.05) is 106 Å². The third kappa shape index (κ3) is 9.43. The Morgan fingerprint density at radius 2 is 1.56 bits per heavy atom. The van der Waals surface area contributed by atoms with Crippen molar-refractivity contribution in [1.82, 2.24) is 5.32 Å². The average Bonchev–Trinajstić information content (AvgIpc) is 2.96. The number of hydrogen-bond donors (Lipinski definition) is 2. The minimum absolute atomic E-state index is 0.327. The van der Waals surface area contributed by atoms with E-state index >= 15 is 0 Å². The second-order valence-corrected chi connectivity index (χ2v) is 18.9. The zero-order chi connectivity index (χ0) is 29.2. The van der Waals surface area contributed by atoms with Crippen LogP contribution in [0.2, 0.25) is 0 Å². The van der Waals surface area contributed by atoms with Gasteiger partial charge < -0.3 is 10.4 Å². The van der Waals surface area contributed by atoms with E-state index in [2.05, 4.69) is 36.5 Å². The lowest BCUT2D eigenvalue weighted by atomic mass is 9.91. The molecule has 2 aromatic carbocycles. The summed E-state index contributed by atoms with van der Waals surface area (Å²) in [5.41, 5.74) is 4.75. The monoisotopic (exact) mass is 613 g/mol. The molecule has 0 saturated heterocycles. The van der Waals surface area contributed by atoms with Gasteiger partial charge in [0.1, 0.15) is 6.04 Å². The molecule has 4 rings (SSSR count). The molecular weight excluding hydrogens is 565 g/mol. The number of thioether (sulfide) groups is 1. The third-order valence-electron chi connectivity index (χ3n) is 9.08. The van der Waals surface area contributed by atoms with Gasteiger partial charge in [0.2, 0.25) is 0 Å². The molecule has 0 aliphatic heterocycles. The van der Waals surface area contributed by atoms with Gasteiger partial charge in [-0.05, 0) is 89.9 Å². The summed E-state index contributed by atoms with van der Waals surface area (Å²) in [6.07, 6.45) is 19.2. The van der Waals surface area contributed by atoms with E-state index in [4.69, 9.17) is 11.8 Å². The molecule has 0 aromatic heterocycles. The SMILES string of the molecule is CSCCC(NC(=O)c1ccc(CP(=S)(CC2CCCCC2)CC2CCCCC2)cc1-c1ccccc1C)C(=O)O. The molecule has 1 amide bonds. The highest BCUT2D eigenvalue weighted by Crippen LogP contribution is 2.55. The lowest BCUT2D eigenvalue weighted by molar-refractivity contribution is -0.139. The predicted molar refractivity (Wildman–Crippen MR) is 179 cm³/mol. The molecule has 0 spiro atoms. The summed E-state index contributed by atoms with van der Waals surface area (Å²) in [4.78, 5) is 25.4. The summed E-state index contributed by atoms with van der Waals surface area (Å²) in [5.74, 6) is 0.897. The molecule has 2 aromatic rings. The topological polar surface area (TPSA) is 66.4 Å². The Balaban J connectivity index is 1.65. The number of amides is 1. The maximum atomic E-state index is 13.6. The third-order valence-corrected chi connectivity index (χ3v) is 14.3. The second kappa shape index (κ2) is 15.7. The van der Waals surface area contributed by atoms with Crippen LogP contribution in [0.25, 0.3) is 11.1 Å². The number of hydrogen-bond acceptors (Lipinski definition) is 4. The summed E-state index contributed by atoms with van der Waals surface area (Å²) >= 11 is 8.29. The van der Waals surface area contributed by atoms with Gasteiger partial charge in [0.25, 0.3) is 5.91 Å². The van der Waals surface area contributed by atoms with Crippen LogP contribution in [0, 0.1) is 18.8 Å². The minimum atomic E-state index is -1.64. The number of carbonyl (C=O) groups excluding carboxylic acids is 1. The van der Waals surface area contributed by atoms with E-state index in [1.54, 1.807) is 11.8 Å². The summed E-state index contributed by atoms with van der Waals surface area (Å²) in [7, 11) is 0. The number of benzene rings is 2. The lowest BCUT2D eigenvalue weighted by Gasteiger charge is -2.34. The fraction of sp³-hybridized carbons (Fsp3) is 0.588. The van der Waals surface area contributed by atoms with E-state index in [0.29, 0.717) is 17.7 Å². The van der Waals surface area contributed by atoms with E-state index in [-0.39, 0.29) is 5.91 Å². The molecule has 2 aliphatic carbocycles. The first kappa shape index (κ1) is 32.3. The molecule has 7 heteroatoms. The number of nitrogens with one attached hydrogen (secondary N) is 1. The molecule has 0 heterocycles. The summed E-state index contributed by atoms with van der Waals surface area (Å²) in [6.45, 7) is 2.07. The molecular formula is C34H48NO3PS2. The molecule has 2 aliphatic rings. The number of aliphatic carboxylic acids is 1. The van der Waals surface area contributed by atoms with Crippen molar-refractivity contribution in [2.24, 2.45) is 11.8 Å². The smallest absolute Gasteiger partial charge is 0.326 e. The quantitative estimate of drug-likeness (QED) is 0.221. The highest BCUT2D eigenvalue weighted by molar-refractivity contribution is 8.14. The van der Waals surface area contributed by atoms with Crippen LogP contribution in [0.1, 0.15) is 92.1 Å². The Labute approximate surface area is 256 Å². The van der Waals surface area contributed by atoms with Gasteiger partial charge >= 0.3 is 5.97 Å². The Kier molecular flexibility index (Phi) is 12.4. The Bertz CT molecular complexity index is 1200. The van der Waals surface area contributed by atoms with Crippen molar-refractivity contribution in [3.8, 4) is 11.1 Å². The van der Waals surface area contributed by atoms with Crippen LogP contribution in [0.4, 0.5) is 0 Å². The molecule has 0 bridgehead atoms. The molecule has 1 atom stereocenters. The Morgan fingerprint density at radius 3 is 2.12 bits per heavy atom. The van der Waals surface area contributed by atoms with Crippen LogP contribution in [0.5, 0.6) is 0 Å². The van der Waals surface area contributed by atoms with Crippen LogP contribution in [-0.4, -0.2) is 47.4 Å². The van der Waals surface area contributed by atoms with E-state index in [1.807, 2.05) is 24.5 Å². The molecule has 224 valence electrons. The van der Waals surface area contributed by atoms with Crippen LogP contribution < -0.4 is 5.32 Å². The fourth-order valence-corrected chi connectivity index (χ4v) is 13.0. The fourth-order valence-electron chi connectivity index (χ4n) is 6.93. The molecule has 1 unspecified atom stereocenters. The van der Waals surface area contributed by atoms with Crippen LogP contribution >= 0.6 is 17.8 Å². The summed E-state index contributed by atoms with van der Waals surface area (Å²) < 4.78 is 0. The van der Waals surface area contributed by atoms with Gasteiger partial charge in [0.05, 0.1) is 0 Å². The number of aryl methyl sites for hydroxylation is 1. The molecule has 2 N–H and O–H groups in total. The largest absolute Gasteiger partial charge is 0.480 e. The van der Waals surface area contributed by atoms with Gasteiger partial charge in [-0.15, -0.1) is 0 Å². The number of carbonyl (C=O) groups is 2. The molecule has 41 heavy (non-hydrogen) atoms. The molecule has 2 fully saturated rings.